The van der Waals surface area contributed by atoms with Crippen LogP contribution >= 0.6 is 11.6 Å². The van der Waals surface area contributed by atoms with Gasteiger partial charge < -0.3 is 10.4 Å². The van der Waals surface area contributed by atoms with Gasteiger partial charge in [-0.3, -0.25) is 24.2 Å². The van der Waals surface area contributed by atoms with E-state index in [1.807, 2.05) is 19.9 Å². The first-order valence-electron chi connectivity index (χ1n) is 13.4. The van der Waals surface area contributed by atoms with E-state index < -0.39 is 40.9 Å². The maximum absolute atomic E-state index is 14.8. The molecule has 4 aromatic rings. The quantitative estimate of drug-likeness (QED) is 0.284. The molecule has 43 heavy (non-hydrogen) atoms. The number of rotatable bonds is 8. The molecule has 0 bridgehead atoms. The van der Waals surface area contributed by atoms with E-state index in [0.29, 0.717) is 18.3 Å². The summed E-state index contributed by atoms with van der Waals surface area (Å²) in [6.07, 6.45) is 3.60. The maximum atomic E-state index is 14.8. The molecule has 2 N–H and O–H groups in total. The number of hydrogen-bond donors (Lipinski definition) is 2. The first kappa shape index (κ1) is 28.7. The van der Waals surface area contributed by atoms with Crippen molar-refractivity contribution in [2.24, 2.45) is 11.8 Å². The molecule has 2 fully saturated rings. The Balaban J connectivity index is 1.22. The molecular formula is C29H25ClF3N7O3. The zero-order chi connectivity index (χ0) is 30.6. The minimum absolute atomic E-state index is 0.122. The summed E-state index contributed by atoms with van der Waals surface area (Å²) in [7, 11) is 0. The number of nitrogens with one attached hydrogen (secondary N) is 1. The molecule has 1 aliphatic heterocycles. The van der Waals surface area contributed by atoms with Gasteiger partial charge in [0.25, 0.3) is 12.3 Å². The van der Waals surface area contributed by atoms with E-state index in [9.17, 15) is 27.9 Å². The number of aliphatic hydroxyl groups excluding tert-OH is 1. The van der Waals surface area contributed by atoms with Crippen LogP contribution in [0.3, 0.4) is 0 Å². The molecule has 1 saturated carbocycles. The highest BCUT2D eigenvalue weighted by atomic mass is 35.5. The van der Waals surface area contributed by atoms with E-state index >= 15 is 0 Å². The number of alkyl halides is 2. The number of aromatic nitrogens is 5. The summed E-state index contributed by atoms with van der Waals surface area (Å²) in [5.74, 6) is -0.637. The normalized spacial score (nSPS) is 18.2. The molecule has 1 saturated heterocycles. The average molecular weight is 612 g/mol. The van der Waals surface area contributed by atoms with Crippen LogP contribution in [-0.2, 0) is 11.4 Å². The number of halogens is 4. The number of benzene rings is 1. The maximum Gasteiger partial charge on any atom is 0.276 e. The van der Waals surface area contributed by atoms with Crippen LogP contribution in [0.4, 0.5) is 24.7 Å². The first-order chi connectivity index (χ1) is 20.6. The number of amides is 2. The molecule has 0 unspecified atom stereocenters. The predicted octanol–water partition coefficient (Wildman–Crippen LogP) is 5.11. The summed E-state index contributed by atoms with van der Waals surface area (Å²) < 4.78 is 43.7. The lowest BCUT2D eigenvalue weighted by atomic mass is 10.0. The van der Waals surface area contributed by atoms with Crippen LogP contribution in [0.1, 0.15) is 58.7 Å². The van der Waals surface area contributed by atoms with Gasteiger partial charge in [-0.25, -0.2) is 23.1 Å². The van der Waals surface area contributed by atoms with E-state index in [4.69, 9.17) is 11.6 Å². The lowest BCUT2D eigenvalue weighted by molar-refractivity contribution is -0.118. The Bertz CT molecular complexity index is 1770. The second-order valence-electron chi connectivity index (χ2n) is 10.6. The van der Waals surface area contributed by atoms with Gasteiger partial charge in [-0.2, -0.15) is 5.10 Å². The van der Waals surface area contributed by atoms with Crippen LogP contribution in [0.2, 0.25) is 5.02 Å². The van der Waals surface area contributed by atoms with Crippen LogP contribution in [0.15, 0.2) is 43.0 Å². The number of anilines is 2. The number of carbonyl (C=O) groups excluding carboxylic acids is 2. The lowest BCUT2D eigenvalue weighted by Crippen LogP contribution is -2.29. The Labute approximate surface area is 248 Å². The van der Waals surface area contributed by atoms with Gasteiger partial charge in [0.15, 0.2) is 11.5 Å². The molecule has 0 radical (unpaired) electrons. The molecule has 0 spiro atoms. The van der Waals surface area contributed by atoms with Crippen molar-refractivity contribution in [1.29, 1.82) is 0 Å². The molecule has 2 amide bonds. The number of nitrogens with zero attached hydrogens (tertiary/aromatic N) is 6. The van der Waals surface area contributed by atoms with Crippen molar-refractivity contribution in [2.75, 3.05) is 16.8 Å². The molecule has 6 rings (SSSR count). The number of piperidine rings is 1. The summed E-state index contributed by atoms with van der Waals surface area (Å²) in [4.78, 5) is 39.9. The molecular weight excluding hydrogens is 587 g/mol. The van der Waals surface area contributed by atoms with Crippen molar-refractivity contribution in [3.8, 4) is 11.3 Å². The van der Waals surface area contributed by atoms with E-state index in [1.165, 1.54) is 6.20 Å². The zero-order valence-corrected chi connectivity index (χ0v) is 23.7. The second-order valence-corrected chi connectivity index (χ2v) is 11.0. The van der Waals surface area contributed by atoms with Crippen LogP contribution < -0.4 is 10.2 Å². The Morgan fingerprint density at radius 1 is 1.21 bits per heavy atom. The van der Waals surface area contributed by atoms with Crippen LogP contribution in [0, 0.1) is 24.6 Å². The topological polar surface area (TPSA) is 126 Å². The number of aryl methyl sites for hydroxylation is 1. The van der Waals surface area contributed by atoms with Crippen molar-refractivity contribution in [1.82, 2.24) is 24.7 Å². The van der Waals surface area contributed by atoms with Gasteiger partial charge in [0.1, 0.15) is 5.82 Å². The highest BCUT2D eigenvalue weighted by molar-refractivity contribution is 6.31. The van der Waals surface area contributed by atoms with Gasteiger partial charge in [0.05, 0.1) is 47.1 Å². The summed E-state index contributed by atoms with van der Waals surface area (Å²) in [6, 6.07) is 3.57. The van der Waals surface area contributed by atoms with Gasteiger partial charge in [0, 0.05) is 36.0 Å². The third-order valence-electron chi connectivity index (χ3n) is 7.87. The van der Waals surface area contributed by atoms with Gasteiger partial charge >= 0.3 is 0 Å². The van der Waals surface area contributed by atoms with Gasteiger partial charge in [-0.1, -0.05) is 17.7 Å². The molecule has 222 valence electrons. The first-order valence-corrected chi connectivity index (χ1v) is 13.8. The Hall–Kier alpha value is -4.36. The molecule has 10 nitrogen and oxygen atoms in total. The van der Waals surface area contributed by atoms with E-state index in [-0.39, 0.29) is 40.6 Å². The summed E-state index contributed by atoms with van der Waals surface area (Å²) in [5, 5.41) is 16.3. The lowest BCUT2D eigenvalue weighted by Gasteiger charge is -2.20. The van der Waals surface area contributed by atoms with Crippen molar-refractivity contribution in [3.63, 3.8) is 0 Å². The van der Waals surface area contributed by atoms with Gasteiger partial charge in [-0.05, 0) is 49.4 Å². The van der Waals surface area contributed by atoms with E-state index in [2.05, 4.69) is 25.4 Å². The SMILES string of the molecule is Cc1cc(N2C[C@H]3C[C@H]3C2=O)ncc1[C@H](C)n1cc(NC(=O)c2nc(-c3c(C(F)F)ccc(Cl)c3F)cnc2CO)cn1. The zero-order valence-electron chi connectivity index (χ0n) is 22.9. The highest BCUT2D eigenvalue weighted by Crippen LogP contribution is 2.47. The fraction of sp³-hybridized carbons (Fsp3) is 0.310. The van der Waals surface area contributed by atoms with Gasteiger partial charge in [-0.15, -0.1) is 0 Å². The summed E-state index contributed by atoms with van der Waals surface area (Å²) in [6.45, 7) is 3.84. The Morgan fingerprint density at radius 3 is 2.67 bits per heavy atom. The fourth-order valence-corrected chi connectivity index (χ4v) is 5.56. The number of fused-ring (bicyclic) bond motifs is 1. The Morgan fingerprint density at radius 2 is 2.00 bits per heavy atom. The van der Waals surface area contributed by atoms with Crippen molar-refractivity contribution in [2.45, 2.75) is 39.3 Å². The molecule has 3 aromatic heterocycles. The predicted molar refractivity (Wildman–Crippen MR) is 150 cm³/mol. The van der Waals surface area contributed by atoms with Crippen LogP contribution in [0.5, 0.6) is 0 Å². The molecule has 3 atom stereocenters. The van der Waals surface area contributed by atoms with Crippen LogP contribution in [-0.4, -0.2) is 48.2 Å². The number of pyridine rings is 1. The minimum Gasteiger partial charge on any atom is -0.390 e. The third-order valence-corrected chi connectivity index (χ3v) is 8.17. The minimum atomic E-state index is -3.05. The standard InChI is InChI=1S/C29H25ClF3N7O3/c1-13-5-23(39-10-15-6-18(15)29(39)43)35-8-19(13)14(2)40-11-16(7-36-40)37-28(42)26-22(12-41)34-9-21(38-26)24-17(27(32)33)3-4-20(30)25(24)31/h3-5,7-9,11,14-15,18,27,41H,6,10,12H2,1-2H3,(H,37,42)/t14-,15+,18+/m0/s1. The monoisotopic (exact) mass is 611 g/mol. The number of hydrogen-bond acceptors (Lipinski definition) is 7. The Kier molecular flexibility index (Phi) is 7.38. The van der Waals surface area contributed by atoms with E-state index in [1.54, 1.807) is 22.0 Å². The van der Waals surface area contributed by atoms with Crippen molar-refractivity contribution in [3.05, 3.63) is 81.9 Å². The average Bonchev–Trinajstić information content (AvgIpc) is 3.49. The highest BCUT2D eigenvalue weighted by Gasteiger charge is 2.52. The van der Waals surface area contributed by atoms with Crippen molar-refractivity contribution >= 4 is 34.9 Å². The van der Waals surface area contributed by atoms with Crippen molar-refractivity contribution < 1.29 is 27.9 Å². The van der Waals surface area contributed by atoms with Gasteiger partial charge in [0.2, 0.25) is 5.91 Å². The van der Waals surface area contributed by atoms with Crippen LogP contribution in [0.25, 0.3) is 11.3 Å². The molecule has 2 aliphatic rings. The molecule has 1 aromatic carbocycles. The third kappa shape index (κ3) is 5.23. The molecule has 1 aliphatic carbocycles. The fourth-order valence-electron chi connectivity index (χ4n) is 5.41. The number of aliphatic hydroxyl groups is 1. The number of carbonyl (C=O) groups is 2. The second kappa shape index (κ2) is 11.0. The van der Waals surface area contributed by atoms with E-state index in [0.717, 1.165) is 35.9 Å². The summed E-state index contributed by atoms with van der Waals surface area (Å²) >= 11 is 5.82. The summed E-state index contributed by atoms with van der Waals surface area (Å²) in [5.41, 5.74) is -0.0692. The largest absolute Gasteiger partial charge is 0.390 e. The molecule has 14 heteroatoms. The smallest absolute Gasteiger partial charge is 0.276 e. The molecule has 4 heterocycles.